The van der Waals surface area contributed by atoms with Crippen LogP contribution < -0.4 is 11.6 Å². The molecule has 1 amide bonds. The van der Waals surface area contributed by atoms with E-state index in [-0.39, 0.29) is 6.54 Å². The number of hydrogen-bond donors (Lipinski definition) is 2. The molecule has 1 unspecified atom stereocenters. The minimum absolute atomic E-state index is 0.246. The van der Waals surface area contributed by atoms with Crippen molar-refractivity contribution in [1.29, 1.82) is 0 Å². The Hall–Kier alpha value is -1.92. The zero-order valence-corrected chi connectivity index (χ0v) is 14.8. The van der Waals surface area contributed by atoms with Crippen LogP contribution in [0.2, 0.25) is 0 Å². The first-order valence-electron chi connectivity index (χ1n) is 8.27. The Morgan fingerprint density at radius 3 is 2.33 bits per heavy atom. The summed E-state index contributed by atoms with van der Waals surface area (Å²) < 4.78 is 5.38. The summed E-state index contributed by atoms with van der Waals surface area (Å²) in [6.45, 7) is 6.09. The van der Waals surface area contributed by atoms with Gasteiger partial charge in [0.1, 0.15) is 11.5 Å². The van der Waals surface area contributed by atoms with E-state index in [9.17, 15) is 9.59 Å². The smallest absolute Gasteiger partial charge is 0.319 e. The number of ether oxygens (including phenoxy) is 1. The average molecular weight is 335 g/mol. The molecule has 0 heterocycles. The molecule has 0 aromatic heterocycles. The highest BCUT2D eigenvalue weighted by molar-refractivity contribution is 5.97. The van der Waals surface area contributed by atoms with Crippen LogP contribution in [0, 0.1) is 5.92 Å². The fourth-order valence-corrected chi connectivity index (χ4v) is 2.27. The first-order valence-corrected chi connectivity index (χ1v) is 8.27. The number of amides is 1. The molecular weight excluding hydrogens is 306 g/mol. The summed E-state index contributed by atoms with van der Waals surface area (Å²) in [5, 5.41) is 1.09. The molecular formula is C18H29N3O3. The van der Waals surface area contributed by atoms with Crippen molar-refractivity contribution in [2.45, 2.75) is 52.2 Å². The predicted octanol–water partition coefficient (Wildman–Crippen LogP) is 1.98. The Labute approximate surface area is 144 Å². The summed E-state index contributed by atoms with van der Waals surface area (Å²) in [7, 11) is 0. The molecule has 0 aliphatic carbocycles. The normalized spacial score (nSPS) is 12.5. The van der Waals surface area contributed by atoms with Gasteiger partial charge in [-0.15, -0.1) is 0 Å². The number of esters is 1. The average Bonchev–Trinajstić information content (AvgIpc) is 2.50. The number of nitrogens with zero attached hydrogens (tertiary/aromatic N) is 1. The first-order chi connectivity index (χ1) is 11.2. The van der Waals surface area contributed by atoms with Crippen molar-refractivity contribution < 1.29 is 14.3 Å². The van der Waals surface area contributed by atoms with Gasteiger partial charge in [-0.25, -0.2) is 5.84 Å². The highest BCUT2D eigenvalue weighted by Crippen LogP contribution is 2.18. The Morgan fingerprint density at radius 1 is 1.17 bits per heavy atom. The van der Waals surface area contributed by atoms with Gasteiger partial charge in [0.2, 0.25) is 0 Å². The molecule has 0 aliphatic rings. The van der Waals surface area contributed by atoms with E-state index in [1.165, 1.54) is 0 Å². The van der Waals surface area contributed by atoms with Gasteiger partial charge in [0.05, 0.1) is 6.54 Å². The minimum Gasteiger partial charge on any atom is -0.459 e. The van der Waals surface area contributed by atoms with Crippen LogP contribution in [0.5, 0.6) is 0 Å². The van der Waals surface area contributed by atoms with Crippen molar-refractivity contribution >= 4 is 11.9 Å². The molecule has 0 radical (unpaired) electrons. The number of carbonyl (C=O) groups is 2. The summed E-state index contributed by atoms with van der Waals surface area (Å²) in [4.78, 5) is 25.0. The van der Waals surface area contributed by atoms with Gasteiger partial charge in [0.15, 0.2) is 0 Å². The maximum Gasteiger partial charge on any atom is 0.319 e. The van der Waals surface area contributed by atoms with E-state index in [1.807, 2.05) is 30.3 Å². The predicted molar refractivity (Wildman–Crippen MR) is 93.4 cm³/mol. The zero-order chi connectivity index (χ0) is 18.2. The number of unbranched alkanes of at least 4 members (excludes halogenated alkanes) is 1. The number of nitrogens with two attached hydrogens (primary N) is 2. The highest BCUT2D eigenvalue weighted by Gasteiger charge is 2.33. The topological polar surface area (TPSA) is 98.6 Å². The van der Waals surface area contributed by atoms with E-state index in [1.54, 1.807) is 20.8 Å². The van der Waals surface area contributed by atoms with Gasteiger partial charge in [0.25, 0.3) is 5.91 Å². The second kappa shape index (κ2) is 9.39. The van der Waals surface area contributed by atoms with Gasteiger partial charge in [0, 0.05) is 0 Å². The second-order valence-corrected chi connectivity index (χ2v) is 6.82. The van der Waals surface area contributed by atoms with Crippen molar-refractivity contribution in [3.63, 3.8) is 0 Å². The standard InChI is InChI=1S/C18H29N3O3/c1-18(2,3)24-17(23)15(11-7-8-12-19)16(22)21(20)13-14-9-5-4-6-10-14/h4-6,9-10,15H,7-8,11-13,19-20H2,1-3H3. The molecule has 1 rings (SSSR count). The van der Waals surface area contributed by atoms with Crippen LogP contribution >= 0.6 is 0 Å². The summed E-state index contributed by atoms with van der Waals surface area (Å²) in [6.07, 6.45) is 1.80. The van der Waals surface area contributed by atoms with Gasteiger partial charge in [-0.1, -0.05) is 36.8 Å². The fraction of sp³-hybridized carbons (Fsp3) is 0.556. The van der Waals surface area contributed by atoms with E-state index >= 15 is 0 Å². The third-order valence-corrected chi connectivity index (χ3v) is 3.42. The Kier molecular flexibility index (Phi) is 7.88. The van der Waals surface area contributed by atoms with Gasteiger partial charge in [-0.3, -0.25) is 14.6 Å². The van der Waals surface area contributed by atoms with E-state index in [2.05, 4.69) is 0 Å². The van der Waals surface area contributed by atoms with Crippen LogP contribution in [0.25, 0.3) is 0 Å². The van der Waals surface area contributed by atoms with Crippen LogP contribution in [0.1, 0.15) is 45.6 Å². The molecule has 1 aromatic carbocycles. The lowest BCUT2D eigenvalue weighted by Gasteiger charge is -2.26. The third kappa shape index (κ3) is 7.10. The maximum absolute atomic E-state index is 12.6. The van der Waals surface area contributed by atoms with E-state index in [4.69, 9.17) is 16.3 Å². The van der Waals surface area contributed by atoms with Crippen LogP contribution in [0.3, 0.4) is 0 Å². The van der Waals surface area contributed by atoms with E-state index < -0.39 is 23.4 Å². The molecule has 6 nitrogen and oxygen atoms in total. The molecule has 0 saturated heterocycles. The number of hydrazine groups is 1. The molecule has 1 atom stereocenters. The van der Waals surface area contributed by atoms with Crippen LogP contribution in [0.4, 0.5) is 0 Å². The number of benzene rings is 1. The first kappa shape index (κ1) is 20.1. The van der Waals surface area contributed by atoms with Crippen molar-refractivity contribution in [1.82, 2.24) is 5.01 Å². The van der Waals surface area contributed by atoms with E-state index in [0.29, 0.717) is 19.4 Å². The summed E-state index contributed by atoms with van der Waals surface area (Å²) in [5.74, 6) is 4.05. The van der Waals surface area contributed by atoms with Crippen LogP contribution in [0.15, 0.2) is 30.3 Å². The van der Waals surface area contributed by atoms with Crippen molar-refractivity contribution in [3.8, 4) is 0 Å². The molecule has 0 aliphatic heterocycles. The Bertz CT molecular complexity index is 526. The van der Waals surface area contributed by atoms with Gasteiger partial charge < -0.3 is 10.5 Å². The summed E-state index contributed by atoms with van der Waals surface area (Å²) in [6, 6.07) is 9.40. The molecule has 24 heavy (non-hydrogen) atoms. The quantitative estimate of drug-likeness (QED) is 0.189. The summed E-state index contributed by atoms with van der Waals surface area (Å²) >= 11 is 0. The third-order valence-electron chi connectivity index (χ3n) is 3.42. The molecule has 4 N–H and O–H groups in total. The number of hydrogen-bond acceptors (Lipinski definition) is 5. The molecule has 0 bridgehead atoms. The van der Waals surface area contributed by atoms with Crippen LogP contribution in [-0.2, 0) is 20.9 Å². The second-order valence-electron chi connectivity index (χ2n) is 6.82. The van der Waals surface area contributed by atoms with Gasteiger partial charge in [-0.2, -0.15) is 0 Å². The molecule has 0 saturated carbocycles. The molecule has 1 aromatic rings. The lowest BCUT2D eigenvalue weighted by atomic mass is 10.00. The van der Waals surface area contributed by atoms with Crippen molar-refractivity contribution in [3.05, 3.63) is 35.9 Å². The lowest BCUT2D eigenvalue weighted by Crippen LogP contribution is -2.45. The zero-order valence-electron chi connectivity index (χ0n) is 14.8. The molecule has 0 fully saturated rings. The molecule has 134 valence electrons. The van der Waals surface area contributed by atoms with Crippen molar-refractivity contribution in [2.24, 2.45) is 17.5 Å². The Balaban J connectivity index is 2.79. The van der Waals surface area contributed by atoms with Gasteiger partial charge in [-0.05, 0) is 45.7 Å². The van der Waals surface area contributed by atoms with Crippen LogP contribution in [-0.4, -0.2) is 29.0 Å². The molecule has 0 spiro atoms. The highest BCUT2D eigenvalue weighted by atomic mass is 16.6. The minimum atomic E-state index is -0.899. The van der Waals surface area contributed by atoms with Gasteiger partial charge >= 0.3 is 5.97 Å². The van der Waals surface area contributed by atoms with E-state index in [0.717, 1.165) is 17.0 Å². The number of carbonyl (C=O) groups excluding carboxylic acids is 2. The fourth-order valence-electron chi connectivity index (χ4n) is 2.27. The van der Waals surface area contributed by atoms with Crippen molar-refractivity contribution in [2.75, 3.05) is 6.54 Å². The lowest BCUT2D eigenvalue weighted by molar-refractivity contribution is -0.165. The Morgan fingerprint density at radius 2 is 1.79 bits per heavy atom. The monoisotopic (exact) mass is 335 g/mol. The largest absolute Gasteiger partial charge is 0.459 e. The SMILES string of the molecule is CC(C)(C)OC(=O)C(CCCCN)C(=O)N(N)Cc1ccccc1. The number of rotatable bonds is 8. The maximum atomic E-state index is 12.6. The molecule has 6 heteroatoms. The summed E-state index contributed by atoms with van der Waals surface area (Å²) in [5.41, 5.74) is 5.75.